The largest absolute Gasteiger partial charge is 0.389 e. The van der Waals surface area contributed by atoms with Crippen molar-refractivity contribution < 1.29 is 9.84 Å². The Labute approximate surface area is 172 Å². The van der Waals surface area contributed by atoms with E-state index in [1.54, 1.807) is 6.20 Å². The molecule has 28 heavy (non-hydrogen) atoms. The van der Waals surface area contributed by atoms with Gasteiger partial charge in [-0.3, -0.25) is 9.36 Å². The molecule has 0 amide bonds. The molecule has 2 fully saturated rings. The maximum Gasteiger partial charge on any atom is 0.267 e. The minimum absolute atomic E-state index is 0.0598. The van der Waals surface area contributed by atoms with Crippen LogP contribution in [0.25, 0.3) is 11.0 Å². The highest BCUT2D eigenvalue weighted by molar-refractivity contribution is 9.10. The number of halogens is 1. The van der Waals surface area contributed by atoms with Crippen molar-refractivity contribution in [3.63, 3.8) is 0 Å². The highest BCUT2D eigenvalue weighted by Crippen LogP contribution is 2.36. The third-order valence-electron chi connectivity index (χ3n) is 5.92. The summed E-state index contributed by atoms with van der Waals surface area (Å²) in [6.07, 6.45) is 6.64. The average molecular weight is 449 g/mol. The van der Waals surface area contributed by atoms with Gasteiger partial charge in [0.15, 0.2) is 0 Å². The Morgan fingerprint density at radius 2 is 2.25 bits per heavy atom. The summed E-state index contributed by atoms with van der Waals surface area (Å²) < 4.78 is 7.65. The molecule has 0 aromatic carbocycles. The molecule has 150 valence electrons. The molecule has 3 heterocycles. The molecule has 1 saturated heterocycles. The van der Waals surface area contributed by atoms with Gasteiger partial charge in [-0.1, -0.05) is 6.08 Å². The van der Waals surface area contributed by atoms with Gasteiger partial charge in [-0.2, -0.15) is 4.98 Å². The first-order valence-corrected chi connectivity index (χ1v) is 10.5. The van der Waals surface area contributed by atoms with E-state index in [4.69, 9.17) is 9.72 Å². The van der Waals surface area contributed by atoms with E-state index >= 15 is 0 Å². The molecule has 2 aliphatic rings. The first-order chi connectivity index (χ1) is 13.5. The molecule has 1 saturated carbocycles. The second kappa shape index (κ2) is 7.93. The van der Waals surface area contributed by atoms with Gasteiger partial charge in [0.05, 0.1) is 23.2 Å². The molecule has 2 unspecified atom stereocenters. The number of hydrogen-bond donors (Lipinski definition) is 2. The maximum absolute atomic E-state index is 13.1. The molecule has 7 nitrogen and oxygen atoms in total. The Morgan fingerprint density at radius 1 is 1.43 bits per heavy atom. The number of nitrogens with zero attached hydrogens (tertiary/aromatic N) is 3. The van der Waals surface area contributed by atoms with Gasteiger partial charge >= 0.3 is 0 Å². The Morgan fingerprint density at radius 3 is 2.96 bits per heavy atom. The van der Waals surface area contributed by atoms with Gasteiger partial charge < -0.3 is 15.2 Å². The fraction of sp³-hybridized carbons (Fsp3) is 0.550. The van der Waals surface area contributed by atoms with Crippen molar-refractivity contribution in [3.05, 3.63) is 39.2 Å². The molecule has 0 radical (unpaired) electrons. The van der Waals surface area contributed by atoms with Gasteiger partial charge in [0.2, 0.25) is 5.95 Å². The van der Waals surface area contributed by atoms with Crippen LogP contribution in [-0.4, -0.2) is 45.0 Å². The lowest BCUT2D eigenvalue weighted by Gasteiger charge is -2.28. The number of pyridine rings is 1. The maximum atomic E-state index is 13.1. The van der Waals surface area contributed by atoms with Gasteiger partial charge in [-0.05, 0) is 60.0 Å². The topological polar surface area (TPSA) is 89.3 Å². The summed E-state index contributed by atoms with van der Waals surface area (Å²) in [4.78, 5) is 22.2. The quantitative estimate of drug-likeness (QED) is 0.698. The van der Waals surface area contributed by atoms with Crippen LogP contribution in [0.3, 0.4) is 0 Å². The third-order valence-corrected chi connectivity index (χ3v) is 6.86. The van der Waals surface area contributed by atoms with Gasteiger partial charge in [-0.15, -0.1) is 6.58 Å². The van der Waals surface area contributed by atoms with Crippen molar-refractivity contribution in [2.45, 2.75) is 50.8 Å². The smallest absolute Gasteiger partial charge is 0.267 e. The van der Waals surface area contributed by atoms with Crippen molar-refractivity contribution in [1.82, 2.24) is 14.5 Å². The molecule has 4 rings (SSSR count). The number of hydrogen-bond acceptors (Lipinski definition) is 6. The van der Waals surface area contributed by atoms with Crippen LogP contribution in [0.15, 0.2) is 28.1 Å². The number of allylic oxidation sites excluding steroid dienone is 1. The zero-order valence-corrected chi connectivity index (χ0v) is 17.5. The van der Waals surface area contributed by atoms with Crippen LogP contribution >= 0.6 is 15.9 Å². The highest BCUT2D eigenvalue weighted by atomic mass is 79.9. The van der Waals surface area contributed by atoms with E-state index in [9.17, 15) is 9.90 Å². The second-order valence-corrected chi connectivity index (χ2v) is 8.48. The van der Waals surface area contributed by atoms with Gasteiger partial charge in [0, 0.05) is 24.2 Å². The summed E-state index contributed by atoms with van der Waals surface area (Å²) in [5.74, 6) is 0.843. The number of aliphatic hydroxyl groups excluding tert-OH is 1. The van der Waals surface area contributed by atoms with Crippen LogP contribution in [0, 0.1) is 12.8 Å². The van der Waals surface area contributed by atoms with E-state index in [0.29, 0.717) is 41.6 Å². The number of aliphatic hydroxyl groups is 1. The second-order valence-electron chi connectivity index (χ2n) is 7.69. The SMILES string of the molecule is C=C[C@@H]1CCC(n2c(=O)c(Br)c(C)c3cnc(NC4CCOC[C@H]4O)nc32)C1. The lowest BCUT2D eigenvalue weighted by atomic mass is 10.1. The first-order valence-electron chi connectivity index (χ1n) is 9.71. The number of ether oxygens (including phenoxy) is 1. The average Bonchev–Trinajstić information content (AvgIpc) is 3.17. The zero-order valence-electron chi connectivity index (χ0n) is 15.9. The van der Waals surface area contributed by atoms with E-state index in [-0.39, 0.29) is 17.6 Å². The van der Waals surface area contributed by atoms with E-state index in [2.05, 4.69) is 32.8 Å². The van der Waals surface area contributed by atoms with Crippen LogP contribution < -0.4 is 10.9 Å². The Bertz CT molecular complexity index is 961. The fourth-order valence-corrected chi connectivity index (χ4v) is 4.61. The molecular formula is C20H25BrN4O3. The zero-order chi connectivity index (χ0) is 19.8. The van der Waals surface area contributed by atoms with E-state index < -0.39 is 6.10 Å². The predicted octanol–water partition coefficient (Wildman–Crippen LogP) is 2.95. The summed E-state index contributed by atoms with van der Waals surface area (Å²) in [5, 5.41) is 14.2. The van der Waals surface area contributed by atoms with Crippen LogP contribution in [0.1, 0.15) is 37.3 Å². The third kappa shape index (κ3) is 3.49. The molecule has 0 bridgehead atoms. The van der Waals surface area contributed by atoms with Gasteiger partial charge in [-0.25, -0.2) is 4.98 Å². The Balaban J connectivity index is 1.78. The van der Waals surface area contributed by atoms with E-state index in [0.717, 1.165) is 30.2 Å². The molecular weight excluding hydrogens is 424 g/mol. The number of nitrogens with one attached hydrogen (secondary N) is 1. The molecule has 0 spiro atoms. The summed E-state index contributed by atoms with van der Waals surface area (Å²) in [5.41, 5.74) is 1.42. The molecule has 1 aliphatic carbocycles. The summed E-state index contributed by atoms with van der Waals surface area (Å²) in [6.45, 7) is 6.69. The fourth-order valence-electron chi connectivity index (χ4n) is 4.21. The lowest BCUT2D eigenvalue weighted by molar-refractivity contribution is -0.0136. The van der Waals surface area contributed by atoms with Gasteiger partial charge in [0.1, 0.15) is 5.65 Å². The van der Waals surface area contributed by atoms with E-state index in [1.807, 2.05) is 17.6 Å². The van der Waals surface area contributed by atoms with E-state index in [1.165, 1.54) is 0 Å². The lowest BCUT2D eigenvalue weighted by Crippen LogP contribution is -2.42. The number of rotatable bonds is 4. The first kappa shape index (κ1) is 19.5. The van der Waals surface area contributed by atoms with Crippen LogP contribution in [0.4, 0.5) is 5.95 Å². The Kier molecular flexibility index (Phi) is 5.53. The van der Waals surface area contributed by atoms with Crippen LogP contribution in [-0.2, 0) is 4.74 Å². The summed E-state index contributed by atoms with van der Waals surface area (Å²) in [7, 11) is 0. The number of fused-ring (bicyclic) bond motifs is 1. The van der Waals surface area contributed by atoms with Crippen LogP contribution in [0.5, 0.6) is 0 Å². The van der Waals surface area contributed by atoms with Crippen molar-refractivity contribution in [2.24, 2.45) is 5.92 Å². The number of aromatic nitrogens is 3. The normalized spacial score (nSPS) is 27.8. The molecule has 2 N–H and O–H groups in total. The molecule has 4 atom stereocenters. The molecule has 2 aromatic heterocycles. The van der Waals surface area contributed by atoms with Crippen molar-refractivity contribution in [2.75, 3.05) is 18.5 Å². The summed E-state index contributed by atoms with van der Waals surface area (Å²) in [6, 6.07) is -0.0779. The minimum Gasteiger partial charge on any atom is -0.389 e. The van der Waals surface area contributed by atoms with Crippen molar-refractivity contribution in [3.8, 4) is 0 Å². The summed E-state index contributed by atoms with van der Waals surface area (Å²) >= 11 is 3.46. The van der Waals surface area contributed by atoms with Crippen LogP contribution in [0.2, 0.25) is 0 Å². The molecule has 8 heteroatoms. The Hall–Kier alpha value is -1.77. The van der Waals surface area contributed by atoms with Crippen molar-refractivity contribution >= 4 is 32.9 Å². The number of anilines is 1. The standard InChI is InChI=1S/C20H25BrN4O3/c1-3-12-4-5-13(8-12)25-18-14(11(2)17(21)19(25)27)9-22-20(24-18)23-15-6-7-28-10-16(15)26/h3,9,12-13,15-16,26H,1,4-8,10H2,2H3,(H,22,23,24)/t12-,13?,15?,16-/m1/s1. The molecule has 1 aliphatic heterocycles. The predicted molar refractivity (Wildman–Crippen MR) is 112 cm³/mol. The number of aryl methyl sites for hydroxylation is 1. The van der Waals surface area contributed by atoms with Crippen molar-refractivity contribution in [1.29, 1.82) is 0 Å². The van der Waals surface area contributed by atoms with Gasteiger partial charge in [0.25, 0.3) is 5.56 Å². The monoisotopic (exact) mass is 448 g/mol. The highest BCUT2D eigenvalue weighted by Gasteiger charge is 2.29. The minimum atomic E-state index is -0.606. The molecule has 2 aromatic rings.